The van der Waals surface area contributed by atoms with Crippen LogP contribution in [0.5, 0.6) is 0 Å². The number of hydrogen-bond donors (Lipinski definition) is 2. The van der Waals surface area contributed by atoms with E-state index in [0.29, 0.717) is 5.11 Å². The quantitative estimate of drug-likeness (QED) is 0.846. The largest absolute Gasteiger partial charge is 0.362 e. The van der Waals surface area contributed by atoms with Crippen LogP contribution in [0.1, 0.15) is 16.8 Å². The number of thiocarbonyl (C=S) groups is 1. The summed E-state index contributed by atoms with van der Waals surface area (Å²) in [6.07, 6.45) is 2.66. The van der Waals surface area contributed by atoms with E-state index in [9.17, 15) is 0 Å². The van der Waals surface area contributed by atoms with Crippen molar-refractivity contribution in [3.8, 4) is 0 Å². The van der Waals surface area contributed by atoms with Gasteiger partial charge in [0.25, 0.3) is 0 Å². The Morgan fingerprint density at radius 1 is 1.15 bits per heavy atom. The second-order valence-corrected chi connectivity index (χ2v) is 5.16. The van der Waals surface area contributed by atoms with E-state index >= 15 is 0 Å². The maximum Gasteiger partial charge on any atom is 0.170 e. The van der Waals surface area contributed by atoms with E-state index in [1.165, 1.54) is 11.1 Å². The van der Waals surface area contributed by atoms with Gasteiger partial charge in [-0.2, -0.15) is 0 Å². The number of pyridine rings is 1. The highest BCUT2D eigenvalue weighted by atomic mass is 32.1. The van der Waals surface area contributed by atoms with Crippen molar-refractivity contribution in [1.29, 1.82) is 0 Å². The molecule has 0 bridgehead atoms. The highest BCUT2D eigenvalue weighted by Crippen LogP contribution is 2.13. The van der Waals surface area contributed by atoms with Crippen LogP contribution in [0, 0.1) is 13.8 Å². The molecule has 2 N–H and O–H groups in total. The zero-order valence-electron chi connectivity index (χ0n) is 11.8. The monoisotopic (exact) mass is 285 g/mol. The van der Waals surface area contributed by atoms with Crippen LogP contribution in [0.15, 0.2) is 42.6 Å². The van der Waals surface area contributed by atoms with Gasteiger partial charge in [0.2, 0.25) is 0 Å². The first-order valence-electron chi connectivity index (χ1n) is 6.67. The summed E-state index contributed by atoms with van der Waals surface area (Å²) in [7, 11) is 0. The minimum Gasteiger partial charge on any atom is -0.362 e. The second-order valence-electron chi connectivity index (χ2n) is 4.75. The van der Waals surface area contributed by atoms with Crippen LogP contribution in [-0.4, -0.2) is 16.6 Å². The van der Waals surface area contributed by atoms with Gasteiger partial charge in [0, 0.05) is 30.5 Å². The lowest BCUT2D eigenvalue weighted by atomic mass is 10.1. The van der Waals surface area contributed by atoms with Crippen LogP contribution < -0.4 is 10.6 Å². The third kappa shape index (κ3) is 4.31. The highest BCUT2D eigenvalue weighted by molar-refractivity contribution is 7.80. The summed E-state index contributed by atoms with van der Waals surface area (Å²) in [5.74, 6) is 0. The molecular formula is C16H19N3S. The van der Waals surface area contributed by atoms with Crippen molar-refractivity contribution in [2.75, 3.05) is 11.9 Å². The minimum atomic E-state index is 0.643. The lowest BCUT2D eigenvalue weighted by Gasteiger charge is -2.11. The van der Waals surface area contributed by atoms with E-state index in [-0.39, 0.29) is 0 Å². The van der Waals surface area contributed by atoms with Gasteiger partial charge in [0.1, 0.15) is 0 Å². The molecule has 0 aliphatic heterocycles. The van der Waals surface area contributed by atoms with E-state index in [4.69, 9.17) is 12.2 Å². The number of anilines is 1. The normalized spacial score (nSPS) is 10.1. The fraction of sp³-hybridized carbons (Fsp3) is 0.250. The Labute approximate surface area is 125 Å². The van der Waals surface area contributed by atoms with E-state index < -0.39 is 0 Å². The van der Waals surface area contributed by atoms with Crippen molar-refractivity contribution >= 4 is 23.0 Å². The summed E-state index contributed by atoms with van der Waals surface area (Å²) in [5, 5.41) is 7.03. The Balaban J connectivity index is 1.79. The Kier molecular flexibility index (Phi) is 5.07. The summed E-state index contributed by atoms with van der Waals surface area (Å²) >= 11 is 5.28. The van der Waals surface area contributed by atoms with Gasteiger partial charge in [-0.1, -0.05) is 12.1 Å². The molecule has 0 atom stereocenters. The predicted octanol–water partition coefficient (Wildman–Crippen LogP) is 3.23. The first kappa shape index (κ1) is 14.5. The summed E-state index contributed by atoms with van der Waals surface area (Å²) < 4.78 is 0. The van der Waals surface area contributed by atoms with Crippen LogP contribution in [0.3, 0.4) is 0 Å². The fourth-order valence-electron chi connectivity index (χ4n) is 1.84. The van der Waals surface area contributed by atoms with Crippen molar-refractivity contribution in [3.63, 3.8) is 0 Å². The summed E-state index contributed by atoms with van der Waals surface area (Å²) in [4.78, 5) is 4.28. The first-order valence-corrected chi connectivity index (χ1v) is 7.08. The van der Waals surface area contributed by atoms with Crippen molar-refractivity contribution in [1.82, 2.24) is 10.3 Å². The molecule has 0 aliphatic rings. The van der Waals surface area contributed by atoms with Crippen LogP contribution in [-0.2, 0) is 6.42 Å². The summed E-state index contributed by atoms with van der Waals surface area (Å²) in [6, 6.07) is 12.2. The van der Waals surface area contributed by atoms with Gasteiger partial charge in [0.05, 0.1) is 0 Å². The molecule has 0 spiro atoms. The Hall–Kier alpha value is -1.94. The minimum absolute atomic E-state index is 0.643. The molecule has 0 radical (unpaired) electrons. The van der Waals surface area contributed by atoms with E-state index in [1.54, 1.807) is 6.20 Å². The lowest BCUT2D eigenvalue weighted by molar-refractivity contribution is 0.847. The number of aryl methyl sites for hydroxylation is 2. The summed E-state index contributed by atoms with van der Waals surface area (Å²) in [5.41, 5.74) is 4.62. The SMILES string of the molecule is Cc1ccc(NC(=S)NCCc2ccccn2)cc1C. The predicted molar refractivity (Wildman–Crippen MR) is 88.1 cm³/mol. The molecular weight excluding hydrogens is 266 g/mol. The number of nitrogens with one attached hydrogen (secondary N) is 2. The molecule has 1 aromatic carbocycles. The van der Waals surface area contributed by atoms with Gasteiger partial charge in [-0.05, 0) is 61.5 Å². The molecule has 104 valence electrons. The zero-order valence-corrected chi connectivity index (χ0v) is 12.6. The Morgan fingerprint density at radius 2 is 2.00 bits per heavy atom. The number of benzene rings is 1. The topological polar surface area (TPSA) is 37.0 Å². The molecule has 1 aromatic heterocycles. The van der Waals surface area contributed by atoms with E-state index in [2.05, 4.69) is 41.6 Å². The van der Waals surface area contributed by atoms with Gasteiger partial charge < -0.3 is 10.6 Å². The van der Waals surface area contributed by atoms with Crippen LogP contribution in [0.4, 0.5) is 5.69 Å². The smallest absolute Gasteiger partial charge is 0.170 e. The molecule has 0 saturated heterocycles. The van der Waals surface area contributed by atoms with Gasteiger partial charge >= 0.3 is 0 Å². The van der Waals surface area contributed by atoms with Gasteiger partial charge in [-0.25, -0.2) is 0 Å². The third-order valence-corrected chi connectivity index (χ3v) is 3.40. The highest BCUT2D eigenvalue weighted by Gasteiger charge is 2.00. The molecule has 2 aromatic rings. The third-order valence-electron chi connectivity index (χ3n) is 3.16. The average molecular weight is 285 g/mol. The van der Waals surface area contributed by atoms with Crippen molar-refractivity contribution < 1.29 is 0 Å². The van der Waals surface area contributed by atoms with Gasteiger partial charge in [-0.3, -0.25) is 4.98 Å². The number of nitrogens with zero attached hydrogens (tertiary/aromatic N) is 1. The van der Waals surface area contributed by atoms with Crippen molar-refractivity contribution in [2.45, 2.75) is 20.3 Å². The molecule has 0 amide bonds. The standard InChI is InChI=1S/C16H19N3S/c1-12-6-7-15(11-13(12)2)19-16(20)18-10-8-14-5-3-4-9-17-14/h3-7,9,11H,8,10H2,1-2H3,(H2,18,19,20). The molecule has 3 nitrogen and oxygen atoms in total. The lowest BCUT2D eigenvalue weighted by Crippen LogP contribution is -2.30. The van der Waals surface area contributed by atoms with E-state index in [0.717, 1.165) is 24.3 Å². The maximum atomic E-state index is 5.28. The van der Waals surface area contributed by atoms with Crippen molar-refractivity contribution in [3.05, 3.63) is 59.4 Å². The zero-order chi connectivity index (χ0) is 14.4. The molecule has 0 unspecified atom stereocenters. The number of rotatable bonds is 4. The molecule has 0 aliphatic carbocycles. The van der Waals surface area contributed by atoms with Crippen LogP contribution >= 0.6 is 12.2 Å². The van der Waals surface area contributed by atoms with Gasteiger partial charge in [0.15, 0.2) is 5.11 Å². The molecule has 20 heavy (non-hydrogen) atoms. The van der Waals surface area contributed by atoms with E-state index in [1.807, 2.05) is 24.3 Å². The molecule has 2 rings (SSSR count). The molecule has 1 heterocycles. The first-order chi connectivity index (χ1) is 9.65. The Bertz CT molecular complexity index is 582. The fourth-order valence-corrected chi connectivity index (χ4v) is 2.06. The molecule has 0 saturated carbocycles. The second kappa shape index (κ2) is 7.01. The number of aromatic nitrogens is 1. The van der Waals surface area contributed by atoms with Gasteiger partial charge in [-0.15, -0.1) is 0 Å². The average Bonchev–Trinajstić information content (AvgIpc) is 2.44. The van der Waals surface area contributed by atoms with Crippen molar-refractivity contribution in [2.24, 2.45) is 0 Å². The van der Waals surface area contributed by atoms with Crippen LogP contribution in [0.2, 0.25) is 0 Å². The van der Waals surface area contributed by atoms with Crippen LogP contribution in [0.25, 0.3) is 0 Å². The maximum absolute atomic E-state index is 5.28. The Morgan fingerprint density at radius 3 is 2.70 bits per heavy atom. The molecule has 0 fully saturated rings. The summed E-state index contributed by atoms with van der Waals surface area (Å²) in [6.45, 7) is 4.97. The molecule has 4 heteroatoms. The number of hydrogen-bond acceptors (Lipinski definition) is 2.